The number of aromatic hydroxyl groups is 1. The molecular formula is C24H32N2O2. The van der Waals surface area contributed by atoms with Crippen LogP contribution in [0.1, 0.15) is 37.8 Å². The molecule has 2 aromatic heterocycles. The van der Waals surface area contributed by atoms with E-state index in [4.69, 9.17) is 5.11 Å². The van der Waals surface area contributed by atoms with Gasteiger partial charge in [-0.1, -0.05) is 26.0 Å². The Bertz CT molecular complexity index is 983. The summed E-state index contributed by atoms with van der Waals surface area (Å²) in [6.07, 6.45) is 5.90. The minimum absolute atomic E-state index is 0.345. The largest absolute Gasteiger partial charge is 0.507 e. The van der Waals surface area contributed by atoms with E-state index in [9.17, 15) is 5.11 Å². The Morgan fingerprint density at radius 1 is 0.893 bits per heavy atom. The van der Waals surface area contributed by atoms with Gasteiger partial charge in [0.05, 0.1) is 0 Å². The third-order valence-corrected chi connectivity index (χ3v) is 4.54. The van der Waals surface area contributed by atoms with E-state index in [0.29, 0.717) is 12.4 Å². The summed E-state index contributed by atoms with van der Waals surface area (Å²) in [7, 11) is 0. The number of aromatic nitrogens is 2. The van der Waals surface area contributed by atoms with Crippen LogP contribution >= 0.6 is 0 Å². The van der Waals surface area contributed by atoms with Crippen LogP contribution in [0.25, 0.3) is 21.8 Å². The molecule has 0 saturated carbocycles. The Morgan fingerprint density at radius 2 is 1.57 bits per heavy atom. The zero-order chi connectivity index (χ0) is 20.5. The first-order valence-electron chi connectivity index (χ1n) is 9.82. The molecule has 0 amide bonds. The summed E-state index contributed by atoms with van der Waals surface area (Å²) >= 11 is 0. The SMILES string of the molecule is CC(C)CCCO.Cc1cc(O)c2cc[nH]c2c1.Cc1cccc2[nH]ccc12. The second-order valence-corrected chi connectivity index (χ2v) is 7.50. The fraction of sp³-hybridized carbons (Fsp3) is 0.333. The molecule has 0 aliphatic rings. The molecule has 0 saturated heterocycles. The number of aromatic amines is 2. The fourth-order valence-electron chi connectivity index (χ4n) is 3.03. The Balaban J connectivity index is 0.000000155. The van der Waals surface area contributed by atoms with E-state index < -0.39 is 0 Å². The first-order chi connectivity index (χ1) is 13.4. The maximum Gasteiger partial charge on any atom is 0.125 e. The van der Waals surface area contributed by atoms with Crippen LogP contribution in [0.2, 0.25) is 0 Å². The van der Waals surface area contributed by atoms with Crippen LogP contribution in [-0.2, 0) is 0 Å². The van der Waals surface area contributed by atoms with Gasteiger partial charge in [0.25, 0.3) is 0 Å². The smallest absolute Gasteiger partial charge is 0.125 e. The Labute approximate surface area is 167 Å². The van der Waals surface area contributed by atoms with Crippen molar-refractivity contribution in [1.29, 1.82) is 0 Å². The average Bonchev–Trinajstić information content (AvgIpc) is 3.31. The van der Waals surface area contributed by atoms with E-state index in [1.165, 1.54) is 16.5 Å². The normalized spacial score (nSPS) is 10.5. The lowest BCUT2D eigenvalue weighted by molar-refractivity contribution is 0.276. The maximum absolute atomic E-state index is 9.42. The van der Waals surface area contributed by atoms with Crippen LogP contribution in [0.4, 0.5) is 0 Å². The molecule has 2 heterocycles. The van der Waals surface area contributed by atoms with Crippen molar-refractivity contribution in [1.82, 2.24) is 9.97 Å². The molecule has 4 N–H and O–H groups in total. The van der Waals surface area contributed by atoms with Crippen LogP contribution in [0, 0.1) is 19.8 Å². The summed E-state index contributed by atoms with van der Waals surface area (Å²) in [4.78, 5) is 6.20. The van der Waals surface area contributed by atoms with Gasteiger partial charge in [0.2, 0.25) is 0 Å². The summed E-state index contributed by atoms with van der Waals surface area (Å²) in [5.74, 6) is 1.09. The molecule has 0 atom stereocenters. The highest BCUT2D eigenvalue weighted by Gasteiger charge is 1.99. The lowest BCUT2D eigenvalue weighted by Crippen LogP contribution is -1.89. The third kappa shape index (κ3) is 6.17. The summed E-state index contributed by atoms with van der Waals surface area (Å²) in [5.41, 5.74) is 4.61. The standard InChI is InChI=1S/C9H9NO.C9H9N.C6H14O/c1-6-4-8-7(2-3-10-8)9(11)5-6;1-7-3-2-4-9-8(7)5-6-10-9;1-6(2)4-3-5-7/h2-5,10-11H,1H3;2-6,10H,1H3;6-7H,3-5H2,1-2H3. The number of rotatable bonds is 3. The minimum atomic E-state index is 0.345. The highest BCUT2D eigenvalue weighted by atomic mass is 16.3. The first-order valence-corrected chi connectivity index (χ1v) is 9.82. The van der Waals surface area contributed by atoms with Gasteiger partial charge in [-0.05, 0) is 74.1 Å². The zero-order valence-corrected chi connectivity index (χ0v) is 17.3. The van der Waals surface area contributed by atoms with E-state index in [1.807, 2.05) is 31.5 Å². The van der Waals surface area contributed by atoms with Gasteiger partial charge in [0.15, 0.2) is 0 Å². The van der Waals surface area contributed by atoms with Crippen molar-refractivity contribution in [3.63, 3.8) is 0 Å². The molecule has 0 aliphatic heterocycles. The Hall–Kier alpha value is -2.72. The maximum atomic E-state index is 9.42. The second kappa shape index (κ2) is 10.6. The van der Waals surface area contributed by atoms with E-state index in [0.717, 1.165) is 35.2 Å². The number of benzene rings is 2. The third-order valence-electron chi connectivity index (χ3n) is 4.54. The van der Waals surface area contributed by atoms with Crippen molar-refractivity contribution in [3.05, 3.63) is 66.0 Å². The number of fused-ring (bicyclic) bond motifs is 2. The van der Waals surface area contributed by atoms with Gasteiger partial charge in [-0.2, -0.15) is 0 Å². The quantitative estimate of drug-likeness (QED) is 0.348. The predicted octanol–water partition coefficient (Wildman–Crippen LogP) is 6.07. The number of nitrogens with one attached hydrogen (secondary N) is 2. The summed E-state index contributed by atoms with van der Waals surface area (Å²) in [5, 5.41) is 19.9. The molecule has 4 nitrogen and oxygen atoms in total. The highest BCUT2D eigenvalue weighted by molar-refractivity contribution is 5.86. The molecule has 0 bridgehead atoms. The van der Waals surface area contributed by atoms with E-state index >= 15 is 0 Å². The Morgan fingerprint density at radius 3 is 2.18 bits per heavy atom. The predicted molar refractivity (Wildman–Crippen MR) is 119 cm³/mol. The molecule has 0 aliphatic carbocycles. The molecule has 4 heteroatoms. The van der Waals surface area contributed by atoms with Crippen molar-refractivity contribution in [3.8, 4) is 5.75 Å². The van der Waals surface area contributed by atoms with Crippen LogP contribution < -0.4 is 0 Å². The number of aryl methyl sites for hydroxylation is 2. The molecule has 4 aromatic rings. The molecule has 4 rings (SSSR count). The molecule has 0 spiro atoms. The lowest BCUT2D eigenvalue weighted by Gasteiger charge is -1.98. The minimum Gasteiger partial charge on any atom is -0.507 e. The van der Waals surface area contributed by atoms with Crippen LogP contribution in [-0.4, -0.2) is 26.8 Å². The fourth-order valence-corrected chi connectivity index (χ4v) is 3.03. The highest BCUT2D eigenvalue weighted by Crippen LogP contribution is 2.24. The van der Waals surface area contributed by atoms with Crippen molar-refractivity contribution in [2.45, 2.75) is 40.5 Å². The molecule has 150 valence electrons. The monoisotopic (exact) mass is 380 g/mol. The molecule has 2 aromatic carbocycles. The van der Waals surface area contributed by atoms with Crippen molar-refractivity contribution >= 4 is 21.8 Å². The topological polar surface area (TPSA) is 72.0 Å². The van der Waals surface area contributed by atoms with E-state index in [1.54, 1.807) is 6.07 Å². The van der Waals surface area contributed by atoms with Gasteiger partial charge in [-0.3, -0.25) is 0 Å². The molecule has 28 heavy (non-hydrogen) atoms. The first kappa shape index (κ1) is 21.6. The number of aliphatic hydroxyl groups is 1. The number of phenolic OH excluding ortho intramolecular Hbond substituents is 1. The van der Waals surface area contributed by atoms with Gasteiger partial charge in [0.1, 0.15) is 5.75 Å². The van der Waals surface area contributed by atoms with E-state index in [2.05, 4.69) is 55.0 Å². The zero-order valence-electron chi connectivity index (χ0n) is 17.3. The van der Waals surface area contributed by atoms with Gasteiger partial charge >= 0.3 is 0 Å². The molecule has 0 fully saturated rings. The molecule has 0 radical (unpaired) electrons. The van der Waals surface area contributed by atoms with Crippen LogP contribution in [0.15, 0.2) is 54.9 Å². The van der Waals surface area contributed by atoms with Gasteiger partial charge < -0.3 is 20.2 Å². The van der Waals surface area contributed by atoms with Crippen LogP contribution in [0.5, 0.6) is 5.75 Å². The van der Waals surface area contributed by atoms with Crippen molar-refractivity contribution < 1.29 is 10.2 Å². The average molecular weight is 381 g/mol. The van der Waals surface area contributed by atoms with Crippen molar-refractivity contribution in [2.24, 2.45) is 5.92 Å². The van der Waals surface area contributed by atoms with Gasteiger partial charge in [-0.15, -0.1) is 0 Å². The summed E-state index contributed by atoms with van der Waals surface area (Å²) in [6, 6.07) is 14.0. The number of hydrogen-bond acceptors (Lipinski definition) is 2. The number of H-pyrrole nitrogens is 2. The lowest BCUT2D eigenvalue weighted by atomic mass is 10.1. The van der Waals surface area contributed by atoms with Gasteiger partial charge in [-0.25, -0.2) is 0 Å². The summed E-state index contributed by atoms with van der Waals surface area (Å²) in [6.45, 7) is 8.75. The second-order valence-electron chi connectivity index (χ2n) is 7.50. The van der Waals surface area contributed by atoms with Gasteiger partial charge in [0, 0.05) is 40.8 Å². The number of aliphatic hydroxyl groups excluding tert-OH is 1. The Kier molecular flexibility index (Phi) is 8.15. The molecule has 0 unspecified atom stereocenters. The van der Waals surface area contributed by atoms with Crippen molar-refractivity contribution in [2.75, 3.05) is 6.61 Å². The molecular weight excluding hydrogens is 348 g/mol. The van der Waals surface area contributed by atoms with Crippen LogP contribution in [0.3, 0.4) is 0 Å². The number of phenols is 1. The van der Waals surface area contributed by atoms with E-state index in [-0.39, 0.29) is 0 Å². The summed E-state index contributed by atoms with van der Waals surface area (Å²) < 4.78 is 0. The number of hydrogen-bond donors (Lipinski definition) is 4.